The molecule has 1 rings (SSSR count). The summed E-state index contributed by atoms with van der Waals surface area (Å²) in [4.78, 5) is 21.9. The highest BCUT2D eigenvalue weighted by atomic mass is 16.6. The predicted octanol–water partition coefficient (Wildman–Crippen LogP) is 1.02. The minimum Gasteiger partial charge on any atom is -0.545 e. The van der Waals surface area contributed by atoms with E-state index in [0.717, 1.165) is 6.42 Å². The molecule has 19 heavy (non-hydrogen) atoms. The number of aromatic carboxylic acids is 1. The molecule has 0 saturated carbocycles. The van der Waals surface area contributed by atoms with Crippen LogP contribution in [0.4, 0.5) is 0 Å². The lowest BCUT2D eigenvalue weighted by Crippen LogP contribution is -2.22. The number of carboxylic acids is 1. The van der Waals surface area contributed by atoms with Gasteiger partial charge in [-0.1, -0.05) is 13.8 Å². The molecule has 0 heterocycles. The van der Waals surface area contributed by atoms with Crippen molar-refractivity contribution in [3.05, 3.63) is 29.8 Å². The highest BCUT2D eigenvalue weighted by molar-refractivity contribution is 5.86. The van der Waals surface area contributed by atoms with E-state index in [2.05, 4.69) is 13.8 Å². The van der Waals surface area contributed by atoms with Gasteiger partial charge in [0.25, 0.3) is 0 Å². The molecular weight excluding hydrogens is 248 g/mol. The summed E-state index contributed by atoms with van der Waals surface area (Å²) >= 11 is 0. The number of hydrogen-bond donors (Lipinski definition) is 0. The zero-order chi connectivity index (χ0) is 14.3. The van der Waals surface area contributed by atoms with Gasteiger partial charge in [0.05, 0.1) is 5.97 Å². The Labute approximate surface area is 112 Å². The molecule has 0 N–H and O–H groups in total. The minimum atomic E-state index is -1.27. The van der Waals surface area contributed by atoms with Crippen LogP contribution in [0.25, 0.3) is 0 Å². The van der Waals surface area contributed by atoms with Gasteiger partial charge >= 0.3 is 5.97 Å². The van der Waals surface area contributed by atoms with Crippen molar-refractivity contribution in [2.24, 2.45) is 5.92 Å². The molecule has 5 heteroatoms. The number of carboxylic acid groups (broad SMARTS) is 1. The number of rotatable bonds is 7. The standard InChI is InChI=1S/C14H18O5/c1-10(2)7-8-18-9-13(15)19-12-5-3-11(4-6-12)14(16)17/h3-6,10H,7-9H2,1-2H3,(H,16,17)/p-1. The lowest BCUT2D eigenvalue weighted by molar-refractivity contribution is -0.255. The Morgan fingerprint density at radius 1 is 1.21 bits per heavy atom. The summed E-state index contributed by atoms with van der Waals surface area (Å²) in [6.07, 6.45) is 0.883. The maximum absolute atomic E-state index is 11.4. The first-order valence-corrected chi connectivity index (χ1v) is 6.09. The van der Waals surface area contributed by atoms with Crippen LogP contribution in [0.3, 0.4) is 0 Å². The van der Waals surface area contributed by atoms with Gasteiger partial charge in [0.2, 0.25) is 0 Å². The van der Waals surface area contributed by atoms with E-state index in [1.54, 1.807) is 0 Å². The van der Waals surface area contributed by atoms with E-state index in [1.807, 2.05) is 0 Å². The topological polar surface area (TPSA) is 75.7 Å². The van der Waals surface area contributed by atoms with Gasteiger partial charge < -0.3 is 19.4 Å². The predicted molar refractivity (Wildman–Crippen MR) is 66.7 cm³/mol. The van der Waals surface area contributed by atoms with E-state index in [0.29, 0.717) is 12.5 Å². The minimum absolute atomic E-state index is 0.0352. The smallest absolute Gasteiger partial charge is 0.337 e. The molecular formula is C14H17O5-. The molecule has 0 unspecified atom stereocenters. The molecule has 0 aliphatic heterocycles. The van der Waals surface area contributed by atoms with Gasteiger partial charge in [-0.05, 0) is 42.2 Å². The molecule has 0 aromatic heterocycles. The van der Waals surface area contributed by atoms with Crippen LogP contribution in [0.15, 0.2) is 24.3 Å². The normalized spacial score (nSPS) is 10.5. The van der Waals surface area contributed by atoms with Gasteiger partial charge in [-0.3, -0.25) is 0 Å². The van der Waals surface area contributed by atoms with Crippen LogP contribution in [0.2, 0.25) is 0 Å². The van der Waals surface area contributed by atoms with E-state index in [1.165, 1.54) is 24.3 Å². The van der Waals surface area contributed by atoms with E-state index in [4.69, 9.17) is 9.47 Å². The van der Waals surface area contributed by atoms with Gasteiger partial charge in [-0.25, -0.2) is 4.79 Å². The molecule has 0 bridgehead atoms. The summed E-state index contributed by atoms with van der Waals surface area (Å²) in [5, 5.41) is 10.5. The average molecular weight is 265 g/mol. The molecule has 0 fully saturated rings. The summed E-state index contributed by atoms with van der Waals surface area (Å²) in [5.74, 6) is -0.976. The molecule has 0 aliphatic rings. The third-order valence-corrected chi connectivity index (χ3v) is 2.38. The molecule has 5 nitrogen and oxygen atoms in total. The fraction of sp³-hybridized carbons (Fsp3) is 0.429. The van der Waals surface area contributed by atoms with Crippen LogP contribution in [-0.2, 0) is 9.53 Å². The second-order valence-electron chi connectivity index (χ2n) is 4.52. The van der Waals surface area contributed by atoms with Crippen LogP contribution in [0.1, 0.15) is 30.6 Å². The van der Waals surface area contributed by atoms with Crippen molar-refractivity contribution in [1.29, 1.82) is 0 Å². The van der Waals surface area contributed by atoms with Crippen molar-refractivity contribution in [3.8, 4) is 5.75 Å². The first-order chi connectivity index (χ1) is 8.99. The molecule has 0 atom stereocenters. The number of esters is 1. The zero-order valence-electron chi connectivity index (χ0n) is 11.0. The van der Waals surface area contributed by atoms with Gasteiger partial charge in [0.1, 0.15) is 12.4 Å². The van der Waals surface area contributed by atoms with Gasteiger partial charge in [0, 0.05) is 6.61 Å². The number of carbonyl (C=O) groups is 2. The zero-order valence-corrected chi connectivity index (χ0v) is 11.0. The third-order valence-electron chi connectivity index (χ3n) is 2.38. The number of hydrogen-bond acceptors (Lipinski definition) is 5. The molecule has 0 amide bonds. The van der Waals surface area contributed by atoms with Crippen molar-refractivity contribution in [3.63, 3.8) is 0 Å². The second-order valence-corrected chi connectivity index (χ2v) is 4.52. The quantitative estimate of drug-likeness (QED) is 0.418. The maximum atomic E-state index is 11.4. The third kappa shape index (κ3) is 6.01. The largest absolute Gasteiger partial charge is 0.545 e. The van der Waals surface area contributed by atoms with Crippen molar-refractivity contribution < 1.29 is 24.2 Å². The monoisotopic (exact) mass is 265 g/mol. The van der Waals surface area contributed by atoms with E-state index in [9.17, 15) is 14.7 Å². The maximum Gasteiger partial charge on any atom is 0.337 e. The van der Waals surface area contributed by atoms with Crippen LogP contribution in [0.5, 0.6) is 5.75 Å². The molecule has 1 aromatic carbocycles. The highest BCUT2D eigenvalue weighted by Crippen LogP contribution is 2.12. The van der Waals surface area contributed by atoms with Gasteiger partial charge in [-0.2, -0.15) is 0 Å². The van der Waals surface area contributed by atoms with E-state index < -0.39 is 11.9 Å². The Hall–Kier alpha value is -1.88. The molecule has 0 radical (unpaired) electrons. The Balaban J connectivity index is 2.34. The summed E-state index contributed by atoms with van der Waals surface area (Å²) < 4.78 is 10.1. The lowest BCUT2D eigenvalue weighted by atomic mass is 10.1. The molecule has 0 aliphatic carbocycles. The fourth-order valence-corrected chi connectivity index (χ4v) is 1.29. The summed E-state index contributed by atoms with van der Waals surface area (Å²) in [6, 6.07) is 5.43. The average Bonchev–Trinajstić information content (AvgIpc) is 2.35. The highest BCUT2D eigenvalue weighted by Gasteiger charge is 2.05. The van der Waals surface area contributed by atoms with E-state index in [-0.39, 0.29) is 17.9 Å². The number of carbonyl (C=O) groups excluding carboxylic acids is 2. The fourth-order valence-electron chi connectivity index (χ4n) is 1.29. The summed E-state index contributed by atoms with van der Waals surface area (Å²) in [7, 11) is 0. The van der Waals surface area contributed by atoms with Crippen LogP contribution < -0.4 is 9.84 Å². The molecule has 104 valence electrons. The number of benzene rings is 1. The first-order valence-electron chi connectivity index (χ1n) is 6.09. The Morgan fingerprint density at radius 2 is 1.84 bits per heavy atom. The van der Waals surface area contributed by atoms with Crippen LogP contribution in [-0.4, -0.2) is 25.2 Å². The second kappa shape index (κ2) is 7.53. The lowest BCUT2D eigenvalue weighted by Gasteiger charge is -2.07. The van der Waals surface area contributed by atoms with Crippen molar-refractivity contribution >= 4 is 11.9 Å². The summed E-state index contributed by atoms with van der Waals surface area (Å²) in [6.45, 7) is 4.53. The molecule has 0 spiro atoms. The van der Waals surface area contributed by atoms with Crippen molar-refractivity contribution in [1.82, 2.24) is 0 Å². The van der Waals surface area contributed by atoms with E-state index >= 15 is 0 Å². The number of ether oxygens (including phenoxy) is 2. The van der Waals surface area contributed by atoms with Gasteiger partial charge in [-0.15, -0.1) is 0 Å². The Bertz CT molecular complexity index is 422. The Morgan fingerprint density at radius 3 is 2.37 bits per heavy atom. The SMILES string of the molecule is CC(C)CCOCC(=O)Oc1ccc(C(=O)[O-])cc1. The molecule has 0 saturated heterocycles. The van der Waals surface area contributed by atoms with Crippen LogP contribution in [0, 0.1) is 5.92 Å². The Kier molecular flexibility index (Phi) is 6.02. The summed E-state index contributed by atoms with van der Waals surface area (Å²) in [5.41, 5.74) is 0.0352. The van der Waals surface area contributed by atoms with Gasteiger partial charge in [0.15, 0.2) is 0 Å². The van der Waals surface area contributed by atoms with Crippen LogP contribution >= 0.6 is 0 Å². The molecule has 1 aromatic rings. The first kappa shape index (κ1) is 15.2. The van der Waals surface area contributed by atoms with Crippen molar-refractivity contribution in [2.75, 3.05) is 13.2 Å². The van der Waals surface area contributed by atoms with Crippen molar-refractivity contribution in [2.45, 2.75) is 20.3 Å².